The van der Waals surface area contributed by atoms with Crippen molar-refractivity contribution >= 4 is 22.2 Å². The Bertz CT molecular complexity index is 593. The molecule has 2 aromatic rings. The van der Waals surface area contributed by atoms with E-state index in [0.29, 0.717) is 0 Å². The molecule has 0 saturated carbocycles. The Morgan fingerprint density at radius 2 is 1.82 bits per heavy atom. The Labute approximate surface area is 107 Å². The summed E-state index contributed by atoms with van der Waals surface area (Å²) in [6, 6.07) is 13.4. The molecule has 3 rings (SSSR count). The van der Waals surface area contributed by atoms with E-state index >= 15 is 0 Å². The first kappa shape index (κ1) is 10.5. The summed E-state index contributed by atoms with van der Waals surface area (Å²) in [4.78, 5) is 11.3. The van der Waals surface area contributed by atoms with Crippen molar-refractivity contribution in [2.75, 3.05) is 0 Å². The fourth-order valence-electron chi connectivity index (χ4n) is 2.12. The van der Waals surface area contributed by atoms with Gasteiger partial charge in [-0.2, -0.15) is 0 Å². The molecule has 0 aromatic heterocycles. The van der Waals surface area contributed by atoms with Crippen LogP contribution in [0.1, 0.15) is 17.0 Å². The Hall–Kier alpha value is -1.61. The maximum absolute atomic E-state index is 11.3. The Balaban J connectivity index is 2.22. The molecule has 1 unspecified atom stereocenters. The minimum absolute atomic E-state index is 0.243. The molecule has 3 heteroatoms. The van der Waals surface area contributed by atoms with E-state index in [9.17, 15) is 4.79 Å². The quantitative estimate of drug-likeness (QED) is 0.745. The fourth-order valence-corrected chi connectivity index (χ4v) is 2.50. The molecule has 0 fully saturated rings. The fraction of sp³-hybridized carbons (Fsp3) is 0.0714. The van der Waals surface area contributed by atoms with E-state index in [-0.39, 0.29) is 5.92 Å². The summed E-state index contributed by atoms with van der Waals surface area (Å²) >= 11 is 3.42. The van der Waals surface area contributed by atoms with Crippen LogP contribution in [0.15, 0.2) is 46.9 Å². The maximum Gasteiger partial charge on any atom is 0.132 e. The third-order valence-corrected chi connectivity index (χ3v) is 3.41. The Morgan fingerprint density at radius 1 is 1.06 bits per heavy atom. The van der Waals surface area contributed by atoms with Crippen LogP contribution in [-0.2, 0) is 4.79 Å². The van der Waals surface area contributed by atoms with Crippen LogP contribution in [0.3, 0.4) is 0 Å². The Kier molecular flexibility index (Phi) is 2.48. The molecule has 0 spiro atoms. The van der Waals surface area contributed by atoms with Crippen molar-refractivity contribution in [3.63, 3.8) is 0 Å². The number of ether oxygens (including phenoxy) is 1. The zero-order valence-corrected chi connectivity index (χ0v) is 10.5. The van der Waals surface area contributed by atoms with E-state index in [1.54, 1.807) is 0 Å². The zero-order chi connectivity index (χ0) is 11.8. The van der Waals surface area contributed by atoms with Gasteiger partial charge in [0.2, 0.25) is 0 Å². The van der Waals surface area contributed by atoms with Crippen molar-refractivity contribution in [3.8, 4) is 11.5 Å². The summed E-state index contributed by atoms with van der Waals surface area (Å²) in [6.07, 6.45) is 0.965. The predicted octanol–water partition coefficient (Wildman–Crippen LogP) is 3.89. The van der Waals surface area contributed by atoms with Gasteiger partial charge >= 0.3 is 0 Å². The molecule has 0 amide bonds. The molecular formula is C14H9BrO2. The molecule has 0 N–H and O–H groups in total. The minimum Gasteiger partial charge on any atom is -0.457 e. The van der Waals surface area contributed by atoms with Gasteiger partial charge in [0.25, 0.3) is 0 Å². The lowest BCUT2D eigenvalue weighted by Crippen LogP contribution is -2.11. The zero-order valence-electron chi connectivity index (χ0n) is 8.89. The lowest BCUT2D eigenvalue weighted by Gasteiger charge is -2.24. The second-order valence-electron chi connectivity index (χ2n) is 3.94. The van der Waals surface area contributed by atoms with Crippen molar-refractivity contribution in [2.45, 2.75) is 5.92 Å². The molecule has 1 heterocycles. The van der Waals surface area contributed by atoms with Crippen LogP contribution in [-0.4, -0.2) is 6.29 Å². The number of halogens is 1. The number of para-hydroxylation sites is 1. The standard InChI is InChI=1S/C14H9BrO2/c15-9-5-6-14-11(7-9)12(8-16)10-3-1-2-4-13(10)17-14/h1-8,12H. The highest BCUT2D eigenvalue weighted by atomic mass is 79.9. The van der Waals surface area contributed by atoms with E-state index in [1.807, 2.05) is 42.5 Å². The van der Waals surface area contributed by atoms with Crippen LogP contribution >= 0.6 is 15.9 Å². The third-order valence-electron chi connectivity index (χ3n) is 2.92. The molecule has 2 aromatic carbocycles. The van der Waals surface area contributed by atoms with Crippen molar-refractivity contribution in [1.29, 1.82) is 0 Å². The topological polar surface area (TPSA) is 26.3 Å². The van der Waals surface area contributed by atoms with Gasteiger partial charge in [0.15, 0.2) is 0 Å². The minimum atomic E-state index is -0.243. The monoisotopic (exact) mass is 288 g/mol. The molecule has 1 aliphatic rings. The summed E-state index contributed by atoms with van der Waals surface area (Å²) in [5, 5.41) is 0. The van der Waals surface area contributed by atoms with Crippen molar-refractivity contribution in [1.82, 2.24) is 0 Å². The summed E-state index contributed by atoms with van der Waals surface area (Å²) < 4.78 is 6.73. The van der Waals surface area contributed by atoms with Gasteiger partial charge in [-0.25, -0.2) is 0 Å². The van der Waals surface area contributed by atoms with Gasteiger partial charge < -0.3 is 9.53 Å². The number of carbonyl (C=O) groups excluding carboxylic acids is 1. The van der Waals surface area contributed by atoms with E-state index in [4.69, 9.17) is 4.74 Å². The number of hydrogen-bond acceptors (Lipinski definition) is 2. The largest absolute Gasteiger partial charge is 0.457 e. The lowest BCUT2D eigenvalue weighted by molar-refractivity contribution is -0.108. The maximum atomic E-state index is 11.3. The summed E-state index contributed by atoms with van der Waals surface area (Å²) in [6.45, 7) is 0. The molecule has 17 heavy (non-hydrogen) atoms. The van der Waals surface area contributed by atoms with E-state index in [0.717, 1.165) is 33.4 Å². The highest BCUT2D eigenvalue weighted by molar-refractivity contribution is 9.10. The molecular weight excluding hydrogens is 280 g/mol. The summed E-state index contributed by atoms with van der Waals surface area (Å²) in [5.41, 5.74) is 1.83. The molecule has 2 nitrogen and oxygen atoms in total. The number of hydrogen-bond donors (Lipinski definition) is 0. The van der Waals surface area contributed by atoms with Gasteiger partial charge in [-0.3, -0.25) is 0 Å². The van der Waals surface area contributed by atoms with Crippen LogP contribution in [0.2, 0.25) is 0 Å². The van der Waals surface area contributed by atoms with E-state index in [2.05, 4.69) is 15.9 Å². The van der Waals surface area contributed by atoms with Gasteiger partial charge in [-0.05, 0) is 24.3 Å². The SMILES string of the molecule is O=CC1c2ccccc2Oc2ccc(Br)cc21. The molecule has 0 aliphatic carbocycles. The second-order valence-corrected chi connectivity index (χ2v) is 4.85. The molecule has 84 valence electrons. The number of fused-ring (bicyclic) bond motifs is 2. The molecule has 0 saturated heterocycles. The highest BCUT2D eigenvalue weighted by Gasteiger charge is 2.26. The molecule has 0 radical (unpaired) electrons. The van der Waals surface area contributed by atoms with Gasteiger partial charge in [-0.1, -0.05) is 34.1 Å². The lowest BCUT2D eigenvalue weighted by atomic mass is 9.89. The van der Waals surface area contributed by atoms with Crippen LogP contribution in [0.4, 0.5) is 0 Å². The second kappa shape index (κ2) is 4.00. The van der Waals surface area contributed by atoms with Gasteiger partial charge in [0.1, 0.15) is 17.8 Å². The molecule has 1 aliphatic heterocycles. The van der Waals surface area contributed by atoms with Gasteiger partial charge in [0.05, 0.1) is 5.92 Å². The number of carbonyl (C=O) groups is 1. The third kappa shape index (κ3) is 1.67. The summed E-state index contributed by atoms with van der Waals surface area (Å²) in [7, 11) is 0. The van der Waals surface area contributed by atoms with Crippen molar-refractivity contribution in [3.05, 3.63) is 58.1 Å². The number of rotatable bonds is 1. The first-order chi connectivity index (χ1) is 8.29. The average molecular weight is 289 g/mol. The van der Waals surface area contributed by atoms with E-state index in [1.165, 1.54) is 0 Å². The van der Waals surface area contributed by atoms with Crippen LogP contribution in [0.5, 0.6) is 11.5 Å². The number of aldehydes is 1. The number of benzene rings is 2. The molecule has 0 bridgehead atoms. The highest BCUT2D eigenvalue weighted by Crippen LogP contribution is 2.43. The van der Waals surface area contributed by atoms with Crippen molar-refractivity contribution < 1.29 is 9.53 Å². The van der Waals surface area contributed by atoms with Gasteiger partial charge in [0, 0.05) is 15.6 Å². The first-order valence-electron chi connectivity index (χ1n) is 5.31. The van der Waals surface area contributed by atoms with Gasteiger partial charge in [-0.15, -0.1) is 0 Å². The average Bonchev–Trinajstić information content (AvgIpc) is 2.36. The molecule has 1 atom stereocenters. The normalized spacial score (nSPS) is 16.6. The van der Waals surface area contributed by atoms with Crippen LogP contribution < -0.4 is 4.74 Å². The first-order valence-corrected chi connectivity index (χ1v) is 6.10. The smallest absolute Gasteiger partial charge is 0.132 e. The van der Waals surface area contributed by atoms with E-state index < -0.39 is 0 Å². The summed E-state index contributed by atoms with van der Waals surface area (Å²) in [5.74, 6) is 1.27. The van der Waals surface area contributed by atoms with Crippen LogP contribution in [0, 0.1) is 0 Å². The Morgan fingerprint density at radius 3 is 2.65 bits per heavy atom. The van der Waals surface area contributed by atoms with Crippen molar-refractivity contribution in [2.24, 2.45) is 0 Å². The van der Waals surface area contributed by atoms with Crippen LogP contribution in [0.25, 0.3) is 0 Å². The predicted molar refractivity (Wildman–Crippen MR) is 68.6 cm³/mol.